The van der Waals surface area contributed by atoms with E-state index >= 15 is 0 Å². The fourth-order valence-corrected chi connectivity index (χ4v) is 2.73. The zero-order valence-corrected chi connectivity index (χ0v) is 15.9. The monoisotopic (exact) mass is 369 g/mol. The Labute approximate surface area is 157 Å². The van der Waals surface area contributed by atoms with Gasteiger partial charge in [0.1, 0.15) is 12.4 Å². The summed E-state index contributed by atoms with van der Waals surface area (Å²) in [6.45, 7) is 4.71. The molecule has 1 N–H and O–H groups in total. The van der Waals surface area contributed by atoms with Gasteiger partial charge in [0.05, 0.1) is 12.1 Å². The van der Waals surface area contributed by atoms with Crippen molar-refractivity contribution in [2.45, 2.75) is 33.4 Å². The minimum Gasteiger partial charge on any atom is -0.486 e. The molecule has 3 aromatic rings. The highest BCUT2D eigenvalue weighted by atomic mass is 16.5. The number of amides is 1. The molecule has 0 saturated carbocycles. The van der Waals surface area contributed by atoms with Crippen molar-refractivity contribution in [1.82, 2.24) is 35.3 Å². The summed E-state index contributed by atoms with van der Waals surface area (Å²) in [6.07, 6.45) is 0.311. The van der Waals surface area contributed by atoms with Crippen LogP contribution >= 0.6 is 0 Å². The number of aromatic nitrogens is 6. The van der Waals surface area contributed by atoms with E-state index in [0.29, 0.717) is 24.5 Å². The van der Waals surface area contributed by atoms with Gasteiger partial charge >= 0.3 is 0 Å². The SMILES string of the molecule is Cc1nn(C)c(C)c1CNC(=O)Cc1ccc(OCc2nnnn2C)cc1. The lowest BCUT2D eigenvalue weighted by Gasteiger charge is -2.08. The maximum Gasteiger partial charge on any atom is 0.224 e. The number of nitrogens with one attached hydrogen (secondary N) is 1. The molecule has 2 aromatic heterocycles. The molecular weight excluding hydrogens is 346 g/mol. The van der Waals surface area contributed by atoms with E-state index in [-0.39, 0.29) is 12.5 Å². The fraction of sp³-hybridized carbons (Fsp3) is 0.389. The van der Waals surface area contributed by atoms with Gasteiger partial charge in [-0.2, -0.15) is 5.10 Å². The molecule has 27 heavy (non-hydrogen) atoms. The van der Waals surface area contributed by atoms with Crippen molar-refractivity contribution in [3.8, 4) is 5.75 Å². The van der Waals surface area contributed by atoms with E-state index in [9.17, 15) is 4.79 Å². The second kappa shape index (κ2) is 7.98. The number of nitrogens with zero attached hydrogens (tertiary/aromatic N) is 6. The standard InChI is InChI=1S/C18H23N7O2/c1-12-16(13(2)24(3)21-12)10-19-18(26)9-14-5-7-15(8-6-14)27-11-17-20-22-23-25(17)4/h5-8H,9-11H2,1-4H3,(H,19,26). The topological polar surface area (TPSA) is 99.8 Å². The van der Waals surface area contributed by atoms with Crippen LogP contribution in [0.3, 0.4) is 0 Å². The number of aryl methyl sites for hydroxylation is 3. The van der Waals surface area contributed by atoms with Crippen molar-refractivity contribution in [2.75, 3.05) is 0 Å². The smallest absolute Gasteiger partial charge is 0.224 e. The van der Waals surface area contributed by atoms with E-state index in [1.54, 1.807) is 11.7 Å². The highest BCUT2D eigenvalue weighted by molar-refractivity contribution is 5.78. The molecule has 0 aliphatic rings. The normalized spacial score (nSPS) is 10.8. The van der Waals surface area contributed by atoms with Gasteiger partial charge in [-0.3, -0.25) is 9.48 Å². The number of carbonyl (C=O) groups is 1. The zero-order chi connectivity index (χ0) is 19.4. The average molecular weight is 369 g/mol. The molecule has 2 heterocycles. The number of carbonyl (C=O) groups excluding carboxylic acids is 1. The van der Waals surface area contributed by atoms with Crippen LogP contribution in [0.2, 0.25) is 0 Å². The number of benzene rings is 1. The molecule has 3 rings (SSSR count). The number of rotatable bonds is 7. The minimum absolute atomic E-state index is 0.0310. The number of hydrogen-bond acceptors (Lipinski definition) is 6. The molecule has 0 aliphatic heterocycles. The zero-order valence-electron chi connectivity index (χ0n) is 15.9. The number of ether oxygens (including phenoxy) is 1. The van der Waals surface area contributed by atoms with Crippen LogP contribution < -0.4 is 10.1 Å². The maximum absolute atomic E-state index is 12.2. The van der Waals surface area contributed by atoms with Gasteiger partial charge in [-0.1, -0.05) is 12.1 Å². The minimum atomic E-state index is -0.0310. The lowest BCUT2D eigenvalue weighted by molar-refractivity contribution is -0.120. The van der Waals surface area contributed by atoms with E-state index in [1.165, 1.54) is 0 Å². The molecule has 0 bridgehead atoms. The maximum atomic E-state index is 12.2. The van der Waals surface area contributed by atoms with Crippen LogP contribution in [-0.2, 0) is 38.5 Å². The van der Waals surface area contributed by atoms with Gasteiger partial charge < -0.3 is 10.1 Å². The molecule has 0 saturated heterocycles. The molecule has 0 fully saturated rings. The molecule has 0 atom stereocenters. The molecule has 0 unspecified atom stereocenters. The molecule has 9 heteroatoms. The summed E-state index contributed by atoms with van der Waals surface area (Å²) >= 11 is 0. The Balaban J connectivity index is 1.50. The van der Waals surface area contributed by atoms with Crippen LogP contribution in [-0.4, -0.2) is 35.9 Å². The Bertz CT molecular complexity index is 928. The first-order valence-electron chi connectivity index (χ1n) is 8.62. The highest BCUT2D eigenvalue weighted by Gasteiger charge is 2.11. The van der Waals surface area contributed by atoms with Crippen LogP contribution in [0.4, 0.5) is 0 Å². The van der Waals surface area contributed by atoms with Gasteiger partial charge in [0.25, 0.3) is 0 Å². The first-order chi connectivity index (χ1) is 12.9. The Hall–Kier alpha value is -3.23. The second-order valence-electron chi connectivity index (χ2n) is 6.38. The van der Waals surface area contributed by atoms with Crippen molar-refractivity contribution < 1.29 is 9.53 Å². The predicted molar refractivity (Wildman–Crippen MR) is 97.8 cm³/mol. The van der Waals surface area contributed by atoms with E-state index in [2.05, 4.69) is 25.9 Å². The predicted octanol–water partition coefficient (Wildman–Crippen LogP) is 0.998. The molecule has 0 spiro atoms. The van der Waals surface area contributed by atoms with Crippen molar-refractivity contribution in [3.63, 3.8) is 0 Å². The summed E-state index contributed by atoms with van der Waals surface area (Å²) in [6, 6.07) is 7.43. The molecule has 1 aromatic carbocycles. The van der Waals surface area contributed by atoms with Crippen molar-refractivity contribution in [3.05, 3.63) is 52.6 Å². The van der Waals surface area contributed by atoms with Crippen LogP contribution in [0.5, 0.6) is 5.75 Å². The Kier molecular flexibility index (Phi) is 5.49. The molecule has 0 aliphatic carbocycles. The van der Waals surface area contributed by atoms with E-state index in [1.807, 2.05) is 49.8 Å². The molecule has 9 nitrogen and oxygen atoms in total. The quantitative estimate of drug-likeness (QED) is 0.667. The number of hydrogen-bond donors (Lipinski definition) is 1. The van der Waals surface area contributed by atoms with E-state index in [4.69, 9.17) is 4.74 Å². The first-order valence-corrected chi connectivity index (χ1v) is 8.62. The lowest BCUT2D eigenvalue weighted by Crippen LogP contribution is -2.25. The Morgan fingerprint density at radius 1 is 1.15 bits per heavy atom. The van der Waals surface area contributed by atoms with Crippen LogP contribution in [0, 0.1) is 13.8 Å². The van der Waals surface area contributed by atoms with Gasteiger partial charge in [0.15, 0.2) is 5.82 Å². The summed E-state index contributed by atoms with van der Waals surface area (Å²) in [4.78, 5) is 12.2. The van der Waals surface area contributed by atoms with Gasteiger partial charge in [-0.25, -0.2) is 4.68 Å². The largest absolute Gasteiger partial charge is 0.486 e. The van der Waals surface area contributed by atoms with Crippen LogP contribution in [0.25, 0.3) is 0 Å². The third-order valence-corrected chi connectivity index (χ3v) is 4.49. The van der Waals surface area contributed by atoms with Gasteiger partial charge in [-0.15, -0.1) is 5.10 Å². The van der Waals surface area contributed by atoms with Crippen molar-refractivity contribution in [1.29, 1.82) is 0 Å². The van der Waals surface area contributed by atoms with Crippen molar-refractivity contribution >= 4 is 5.91 Å². The Morgan fingerprint density at radius 2 is 1.89 bits per heavy atom. The van der Waals surface area contributed by atoms with Crippen molar-refractivity contribution in [2.24, 2.45) is 14.1 Å². The summed E-state index contributed by atoms with van der Waals surface area (Å²) in [5.41, 5.74) is 3.98. The summed E-state index contributed by atoms with van der Waals surface area (Å²) in [7, 11) is 3.66. The van der Waals surface area contributed by atoms with E-state index in [0.717, 1.165) is 22.5 Å². The van der Waals surface area contributed by atoms with Crippen LogP contribution in [0.15, 0.2) is 24.3 Å². The third kappa shape index (κ3) is 4.49. The molecule has 1 amide bonds. The average Bonchev–Trinajstić information content (AvgIpc) is 3.15. The molecule has 0 radical (unpaired) electrons. The van der Waals surface area contributed by atoms with Crippen LogP contribution in [0.1, 0.15) is 28.3 Å². The molecular formula is C18H23N7O2. The molecule has 142 valence electrons. The summed E-state index contributed by atoms with van der Waals surface area (Å²) in [5, 5.41) is 18.5. The Morgan fingerprint density at radius 3 is 2.48 bits per heavy atom. The second-order valence-corrected chi connectivity index (χ2v) is 6.38. The van der Waals surface area contributed by atoms with Gasteiger partial charge in [0.2, 0.25) is 5.91 Å². The lowest BCUT2D eigenvalue weighted by atomic mass is 10.1. The first kappa shape index (κ1) is 18.6. The van der Waals surface area contributed by atoms with Gasteiger partial charge in [-0.05, 0) is 42.0 Å². The highest BCUT2D eigenvalue weighted by Crippen LogP contribution is 2.14. The summed E-state index contributed by atoms with van der Waals surface area (Å²) < 4.78 is 9.04. The third-order valence-electron chi connectivity index (χ3n) is 4.49. The number of tetrazole rings is 1. The van der Waals surface area contributed by atoms with E-state index < -0.39 is 0 Å². The summed E-state index contributed by atoms with van der Waals surface area (Å²) in [5.74, 6) is 1.31. The van der Waals surface area contributed by atoms with Gasteiger partial charge in [0, 0.05) is 31.9 Å². The fourth-order valence-electron chi connectivity index (χ4n) is 2.73.